The molecule has 0 aromatic heterocycles. The van der Waals surface area contributed by atoms with Crippen molar-refractivity contribution in [2.24, 2.45) is 5.92 Å². The zero-order chi connectivity index (χ0) is 12.8. The Kier molecular flexibility index (Phi) is 5.48. The molecule has 1 aliphatic rings. The van der Waals surface area contributed by atoms with Crippen molar-refractivity contribution in [3.8, 4) is 0 Å². The van der Waals surface area contributed by atoms with Crippen molar-refractivity contribution in [2.45, 2.75) is 24.6 Å². The lowest BCUT2D eigenvalue weighted by Crippen LogP contribution is -2.07. The summed E-state index contributed by atoms with van der Waals surface area (Å²) in [6, 6.07) is 8.52. The molecular weight excluding hydrogens is 248 g/mol. The second-order valence-corrected chi connectivity index (χ2v) is 5.28. The molecule has 0 saturated carbocycles. The van der Waals surface area contributed by atoms with Gasteiger partial charge in [0.05, 0.1) is 18.6 Å². The second kappa shape index (κ2) is 7.13. The molecule has 0 fully saturated rings. The van der Waals surface area contributed by atoms with Gasteiger partial charge in [-0.15, -0.1) is 11.6 Å². The Balaban J connectivity index is 1.70. The van der Waals surface area contributed by atoms with Crippen molar-refractivity contribution >= 4 is 11.6 Å². The minimum Gasteiger partial charge on any atom is -0.382 e. The van der Waals surface area contributed by atoms with E-state index in [1.165, 1.54) is 11.1 Å². The van der Waals surface area contributed by atoms with Gasteiger partial charge in [-0.1, -0.05) is 24.3 Å². The van der Waals surface area contributed by atoms with Crippen LogP contribution < -0.4 is 0 Å². The largest absolute Gasteiger partial charge is 0.382 e. The molecule has 0 radical (unpaired) electrons. The number of fused-ring (bicyclic) bond motifs is 1. The number of benzene rings is 1. The Labute approximate surface area is 114 Å². The third-order valence-corrected chi connectivity index (χ3v) is 4.14. The van der Waals surface area contributed by atoms with E-state index in [1.54, 1.807) is 7.11 Å². The van der Waals surface area contributed by atoms with E-state index in [4.69, 9.17) is 21.1 Å². The number of alkyl halides is 1. The fraction of sp³-hybridized carbons (Fsp3) is 0.600. The van der Waals surface area contributed by atoms with Gasteiger partial charge < -0.3 is 9.47 Å². The molecule has 0 saturated heterocycles. The Morgan fingerprint density at radius 2 is 2.06 bits per heavy atom. The van der Waals surface area contributed by atoms with Crippen molar-refractivity contribution in [1.29, 1.82) is 0 Å². The maximum Gasteiger partial charge on any atom is 0.0700 e. The summed E-state index contributed by atoms with van der Waals surface area (Å²) in [5, 5.41) is 0.181. The average Bonchev–Trinajstić information content (AvgIpc) is 2.71. The molecule has 0 bridgehead atoms. The van der Waals surface area contributed by atoms with Crippen LogP contribution >= 0.6 is 11.6 Å². The van der Waals surface area contributed by atoms with Crippen LogP contribution in [0.2, 0.25) is 0 Å². The van der Waals surface area contributed by atoms with Crippen molar-refractivity contribution in [3.05, 3.63) is 35.4 Å². The highest BCUT2D eigenvalue weighted by molar-refractivity contribution is 6.21. The lowest BCUT2D eigenvalue weighted by atomic mass is 10.00. The van der Waals surface area contributed by atoms with Crippen LogP contribution in [-0.2, 0) is 15.9 Å². The highest BCUT2D eigenvalue weighted by atomic mass is 35.5. The fourth-order valence-electron chi connectivity index (χ4n) is 2.57. The van der Waals surface area contributed by atoms with E-state index in [0.717, 1.165) is 25.9 Å². The normalized spacial score (nSPS) is 22.1. The van der Waals surface area contributed by atoms with E-state index in [0.29, 0.717) is 19.1 Å². The minimum atomic E-state index is 0.181. The van der Waals surface area contributed by atoms with Gasteiger partial charge in [-0.25, -0.2) is 0 Å². The van der Waals surface area contributed by atoms with E-state index < -0.39 is 0 Å². The molecule has 0 amide bonds. The number of hydrogen-bond acceptors (Lipinski definition) is 2. The van der Waals surface area contributed by atoms with Crippen LogP contribution in [0.5, 0.6) is 0 Å². The first kappa shape index (κ1) is 13.9. The van der Waals surface area contributed by atoms with Gasteiger partial charge in [0, 0.05) is 13.7 Å². The van der Waals surface area contributed by atoms with Crippen LogP contribution in [0.3, 0.4) is 0 Å². The average molecular weight is 269 g/mol. The van der Waals surface area contributed by atoms with Crippen LogP contribution in [0.1, 0.15) is 29.3 Å². The van der Waals surface area contributed by atoms with Crippen molar-refractivity contribution < 1.29 is 9.47 Å². The predicted molar refractivity (Wildman–Crippen MR) is 74.2 cm³/mol. The molecule has 2 unspecified atom stereocenters. The van der Waals surface area contributed by atoms with Crippen LogP contribution in [-0.4, -0.2) is 26.9 Å². The summed E-state index contributed by atoms with van der Waals surface area (Å²) in [5.41, 5.74) is 2.74. The molecule has 3 heteroatoms. The smallest absolute Gasteiger partial charge is 0.0700 e. The maximum absolute atomic E-state index is 6.51. The van der Waals surface area contributed by atoms with Crippen molar-refractivity contribution in [1.82, 2.24) is 0 Å². The van der Waals surface area contributed by atoms with E-state index >= 15 is 0 Å². The molecule has 1 aromatic carbocycles. The van der Waals surface area contributed by atoms with Gasteiger partial charge in [-0.05, 0) is 36.3 Å². The SMILES string of the molecule is COCCOCCCC1Cc2ccccc2C1Cl. The molecular formula is C15H21ClO2. The summed E-state index contributed by atoms with van der Waals surface area (Å²) in [6.07, 6.45) is 3.32. The summed E-state index contributed by atoms with van der Waals surface area (Å²) in [5.74, 6) is 0.565. The maximum atomic E-state index is 6.51. The first-order valence-electron chi connectivity index (χ1n) is 6.61. The fourth-order valence-corrected chi connectivity index (χ4v) is 3.00. The molecule has 1 aliphatic carbocycles. The number of halogens is 1. The quantitative estimate of drug-likeness (QED) is 0.556. The second-order valence-electron chi connectivity index (χ2n) is 4.81. The zero-order valence-electron chi connectivity index (χ0n) is 10.9. The van der Waals surface area contributed by atoms with E-state index in [-0.39, 0.29) is 5.38 Å². The van der Waals surface area contributed by atoms with Gasteiger partial charge in [0.25, 0.3) is 0 Å². The molecule has 2 atom stereocenters. The van der Waals surface area contributed by atoms with Gasteiger partial charge in [0.1, 0.15) is 0 Å². The Morgan fingerprint density at radius 1 is 1.22 bits per heavy atom. The highest BCUT2D eigenvalue weighted by Gasteiger charge is 2.29. The lowest BCUT2D eigenvalue weighted by Gasteiger charge is -2.13. The number of rotatable bonds is 7. The van der Waals surface area contributed by atoms with Gasteiger partial charge in [-0.2, -0.15) is 0 Å². The van der Waals surface area contributed by atoms with Crippen LogP contribution in [0.15, 0.2) is 24.3 Å². The molecule has 100 valence electrons. The van der Waals surface area contributed by atoms with Crippen molar-refractivity contribution in [2.75, 3.05) is 26.9 Å². The van der Waals surface area contributed by atoms with Gasteiger partial charge in [0.15, 0.2) is 0 Å². The van der Waals surface area contributed by atoms with E-state index in [1.807, 2.05) is 0 Å². The predicted octanol–water partition coefficient (Wildman–Crippen LogP) is 3.58. The molecule has 18 heavy (non-hydrogen) atoms. The number of ether oxygens (including phenoxy) is 2. The topological polar surface area (TPSA) is 18.5 Å². The Morgan fingerprint density at radius 3 is 2.83 bits per heavy atom. The van der Waals surface area contributed by atoms with Gasteiger partial charge in [-0.3, -0.25) is 0 Å². The number of methoxy groups -OCH3 is 1. The lowest BCUT2D eigenvalue weighted by molar-refractivity contribution is 0.0673. The van der Waals surface area contributed by atoms with Crippen LogP contribution in [0, 0.1) is 5.92 Å². The molecule has 0 heterocycles. The summed E-state index contributed by atoms with van der Waals surface area (Å²) in [7, 11) is 1.69. The molecule has 0 aliphatic heterocycles. The highest BCUT2D eigenvalue weighted by Crippen LogP contribution is 2.42. The summed E-state index contributed by atoms with van der Waals surface area (Å²) >= 11 is 6.51. The van der Waals surface area contributed by atoms with Crippen LogP contribution in [0.4, 0.5) is 0 Å². The molecule has 2 rings (SSSR count). The van der Waals surface area contributed by atoms with E-state index in [2.05, 4.69) is 24.3 Å². The van der Waals surface area contributed by atoms with Gasteiger partial charge >= 0.3 is 0 Å². The summed E-state index contributed by atoms with van der Waals surface area (Å²) in [4.78, 5) is 0. The van der Waals surface area contributed by atoms with Crippen molar-refractivity contribution in [3.63, 3.8) is 0 Å². The molecule has 1 aromatic rings. The molecule has 2 nitrogen and oxygen atoms in total. The Bertz CT molecular complexity index is 367. The molecule has 0 spiro atoms. The standard InChI is InChI=1S/C15H21ClO2/c1-17-9-10-18-8-4-6-13-11-12-5-2-3-7-14(12)15(13)16/h2-3,5,7,13,15H,4,6,8-11H2,1H3. The number of hydrogen-bond donors (Lipinski definition) is 0. The zero-order valence-corrected chi connectivity index (χ0v) is 11.7. The monoisotopic (exact) mass is 268 g/mol. The summed E-state index contributed by atoms with van der Waals surface area (Å²) in [6.45, 7) is 2.17. The third-order valence-electron chi connectivity index (χ3n) is 3.54. The molecule has 0 N–H and O–H groups in total. The third kappa shape index (κ3) is 3.47. The van der Waals surface area contributed by atoms with Gasteiger partial charge in [0.2, 0.25) is 0 Å². The van der Waals surface area contributed by atoms with E-state index in [9.17, 15) is 0 Å². The first-order valence-corrected chi connectivity index (χ1v) is 7.05. The van der Waals surface area contributed by atoms with Crippen LogP contribution in [0.25, 0.3) is 0 Å². The summed E-state index contributed by atoms with van der Waals surface area (Å²) < 4.78 is 10.4. The first-order chi connectivity index (χ1) is 8.83. The minimum absolute atomic E-state index is 0.181. The Hall–Kier alpha value is -0.570.